The van der Waals surface area contributed by atoms with Gasteiger partial charge in [-0.05, 0) is 41.0 Å². The molecule has 1 aliphatic heterocycles. The molecule has 0 unspecified atom stereocenters. The summed E-state index contributed by atoms with van der Waals surface area (Å²) in [5.74, 6) is 3.19. The second-order valence-corrected chi connectivity index (χ2v) is 7.91. The van der Waals surface area contributed by atoms with Gasteiger partial charge in [0, 0.05) is 19.0 Å². The van der Waals surface area contributed by atoms with Crippen molar-refractivity contribution in [3.63, 3.8) is 0 Å². The van der Waals surface area contributed by atoms with E-state index in [1.807, 2.05) is 36.4 Å². The van der Waals surface area contributed by atoms with Gasteiger partial charge in [0.15, 0.2) is 0 Å². The van der Waals surface area contributed by atoms with Crippen molar-refractivity contribution in [1.29, 1.82) is 0 Å². The molecule has 0 radical (unpaired) electrons. The highest BCUT2D eigenvalue weighted by atomic mass is 16.5. The fraction of sp³-hybridized carbons (Fsp3) is 0.320. The van der Waals surface area contributed by atoms with Crippen molar-refractivity contribution in [2.24, 2.45) is 5.92 Å². The number of rotatable bonds is 4. The number of nitrogens with zero attached hydrogens (tertiary/aromatic N) is 1. The van der Waals surface area contributed by atoms with Crippen LogP contribution in [0.5, 0.6) is 0 Å². The third-order valence-electron chi connectivity index (χ3n) is 5.92. The van der Waals surface area contributed by atoms with Crippen LogP contribution < -0.4 is 5.32 Å². The van der Waals surface area contributed by atoms with Gasteiger partial charge in [0.25, 0.3) is 5.91 Å². The molecular weight excluding hydrogens is 408 g/mol. The monoisotopic (exact) mass is 432 g/mol. The number of likely N-dealkylation sites (tertiary alicyclic amines) is 1. The van der Waals surface area contributed by atoms with E-state index < -0.39 is 23.9 Å². The molecule has 1 saturated heterocycles. The zero-order valence-electron chi connectivity index (χ0n) is 17.5. The number of piperidine rings is 1. The minimum Gasteiger partial charge on any atom is -0.481 e. The molecule has 164 valence electrons. The molecule has 7 heteroatoms. The maximum Gasteiger partial charge on any atom is 0.407 e. The number of fused-ring (bicyclic) bond motifs is 3. The number of carboxylic acid groups (broad SMARTS) is 1. The average molecular weight is 432 g/mol. The van der Waals surface area contributed by atoms with E-state index in [2.05, 4.69) is 29.3 Å². The number of ether oxygens (including phenoxy) is 1. The van der Waals surface area contributed by atoms with E-state index in [1.165, 1.54) is 4.90 Å². The number of benzene rings is 2. The highest BCUT2D eigenvalue weighted by Crippen LogP contribution is 2.44. The lowest BCUT2D eigenvalue weighted by atomic mass is 9.98. The van der Waals surface area contributed by atoms with Crippen LogP contribution >= 0.6 is 0 Å². The third-order valence-corrected chi connectivity index (χ3v) is 5.92. The number of carboxylic acids is 1. The molecule has 0 spiro atoms. The summed E-state index contributed by atoms with van der Waals surface area (Å²) in [7, 11) is 0. The second-order valence-electron chi connectivity index (χ2n) is 7.91. The molecule has 2 amide bonds. The standard InChI is InChI=1S/C25H24N2O5/c28-23(27-14-6-7-17(15-27)24(29)30)12-5-13-26-25(31)32-16-22-20-10-3-1-8-18(20)19-9-2-4-11-21(19)22/h1-4,8-11,17,22H,6-7,13-16H2,(H,26,31)(H,29,30)/t17-/m1/s1. The molecule has 7 nitrogen and oxygen atoms in total. The first-order chi connectivity index (χ1) is 15.5. The van der Waals surface area contributed by atoms with Crippen LogP contribution in [0, 0.1) is 17.8 Å². The van der Waals surface area contributed by atoms with Gasteiger partial charge in [0.05, 0.1) is 12.5 Å². The van der Waals surface area contributed by atoms with Crippen LogP contribution in [0.3, 0.4) is 0 Å². The normalized spacial score (nSPS) is 16.9. The maximum atomic E-state index is 12.2. The summed E-state index contributed by atoms with van der Waals surface area (Å²) < 4.78 is 5.43. The zero-order chi connectivity index (χ0) is 22.5. The summed E-state index contributed by atoms with van der Waals surface area (Å²) in [4.78, 5) is 36.8. The number of carbonyl (C=O) groups excluding carboxylic acids is 2. The summed E-state index contributed by atoms with van der Waals surface area (Å²) in [5.41, 5.74) is 4.58. The molecule has 1 heterocycles. The molecule has 2 aromatic rings. The average Bonchev–Trinajstić information content (AvgIpc) is 3.14. The summed E-state index contributed by atoms with van der Waals surface area (Å²) >= 11 is 0. The fourth-order valence-corrected chi connectivity index (χ4v) is 4.33. The van der Waals surface area contributed by atoms with Gasteiger partial charge in [0.1, 0.15) is 6.61 Å². The Morgan fingerprint density at radius 3 is 2.38 bits per heavy atom. The predicted molar refractivity (Wildman–Crippen MR) is 118 cm³/mol. The van der Waals surface area contributed by atoms with Crippen molar-refractivity contribution >= 4 is 18.0 Å². The van der Waals surface area contributed by atoms with Crippen molar-refractivity contribution in [3.05, 3.63) is 59.7 Å². The fourth-order valence-electron chi connectivity index (χ4n) is 4.33. The zero-order valence-corrected chi connectivity index (χ0v) is 17.5. The Labute approximate surface area is 186 Å². The maximum absolute atomic E-state index is 12.2. The van der Waals surface area contributed by atoms with E-state index in [4.69, 9.17) is 9.84 Å². The highest BCUT2D eigenvalue weighted by molar-refractivity contribution is 5.94. The van der Waals surface area contributed by atoms with E-state index in [9.17, 15) is 14.4 Å². The largest absolute Gasteiger partial charge is 0.481 e. The van der Waals surface area contributed by atoms with E-state index in [0.717, 1.165) is 22.3 Å². The van der Waals surface area contributed by atoms with Crippen molar-refractivity contribution in [3.8, 4) is 23.0 Å². The van der Waals surface area contributed by atoms with Crippen LogP contribution in [0.2, 0.25) is 0 Å². The molecule has 2 aliphatic rings. The Kier molecular flexibility index (Phi) is 6.41. The van der Waals surface area contributed by atoms with Crippen LogP contribution in [0.4, 0.5) is 4.79 Å². The predicted octanol–water partition coefficient (Wildman–Crippen LogP) is 2.85. The summed E-state index contributed by atoms with van der Waals surface area (Å²) in [6.45, 7) is 0.842. The van der Waals surface area contributed by atoms with Crippen LogP contribution in [-0.4, -0.2) is 54.2 Å². The smallest absolute Gasteiger partial charge is 0.407 e. The van der Waals surface area contributed by atoms with Crippen molar-refractivity contribution in [2.45, 2.75) is 18.8 Å². The molecular formula is C25H24N2O5. The molecule has 1 atom stereocenters. The van der Waals surface area contributed by atoms with Crippen LogP contribution in [0.25, 0.3) is 11.1 Å². The summed E-state index contributed by atoms with van der Waals surface area (Å²) in [6.07, 6.45) is 0.607. The third kappa shape index (κ3) is 4.59. The number of hydrogen-bond donors (Lipinski definition) is 2. The van der Waals surface area contributed by atoms with Crippen molar-refractivity contribution in [2.75, 3.05) is 26.2 Å². The first-order valence-electron chi connectivity index (χ1n) is 10.6. The number of carbonyl (C=O) groups is 3. The Bertz CT molecular complexity index is 1060. The molecule has 2 aromatic carbocycles. The van der Waals surface area contributed by atoms with Gasteiger partial charge in [-0.15, -0.1) is 0 Å². The minimum atomic E-state index is -0.896. The summed E-state index contributed by atoms with van der Waals surface area (Å²) in [6, 6.07) is 16.2. The molecule has 4 rings (SSSR count). The summed E-state index contributed by atoms with van der Waals surface area (Å²) in [5, 5.41) is 11.7. The Hall–Kier alpha value is -3.79. The van der Waals surface area contributed by atoms with E-state index in [0.29, 0.717) is 19.4 Å². The molecule has 0 bridgehead atoms. The lowest BCUT2D eigenvalue weighted by molar-refractivity contribution is -0.144. The van der Waals surface area contributed by atoms with Gasteiger partial charge in [-0.25, -0.2) is 4.79 Å². The molecule has 32 heavy (non-hydrogen) atoms. The Balaban J connectivity index is 1.27. The SMILES string of the molecule is O=C(NCC#CC(=O)N1CCC[C@@H](C(=O)O)C1)OCC1c2ccccc2-c2ccccc21. The number of amides is 2. The quantitative estimate of drug-likeness (QED) is 0.725. The van der Waals surface area contributed by atoms with Gasteiger partial charge in [-0.1, -0.05) is 54.5 Å². The number of aliphatic carboxylic acids is 1. The molecule has 1 aliphatic carbocycles. The van der Waals surface area contributed by atoms with Gasteiger partial charge < -0.3 is 20.1 Å². The molecule has 1 fully saturated rings. The van der Waals surface area contributed by atoms with Crippen LogP contribution in [-0.2, 0) is 14.3 Å². The van der Waals surface area contributed by atoms with Gasteiger partial charge in [-0.3, -0.25) is 9.59 Å². The Morgan fingerprint density at radius 1 is 1.06 bits per heavy atom. The molecule has 0 saturated carbocycles. The number of nitrogens with one attached hydrogen (secondary N) is 1. The van der Waals surface area contributed by atoms with Crippen LogP contribution in [0.15, 0.2) is 48.5 Å². The lowest BCUT2D eigenvalue weighted by Gasteiger charge is -2.29. The van der Waals surface area contributed by atoms with Gasteiger partial charge >= 0.3 is 12.1 Å². The van der Waals surface area contributed by atoms with E-state index in [1.54, 1.807) is 0 Å². The van der Waals surface area contributed by atoms with E-state index >= 15 is 0 Å². The molecule has 2 N–H and O–H groups in total. The lowest BCUT2D eigenvalue weighted by Crippen LogP contribution is -2.41. The van der Waals surface area contributed by atoms with Gasteiger partial charge in [0.2, 0.25) is 0 Å². The van der Waals surface area contributed by atoms with Crippen molar-refractivity contribution in [1.82, 2.24) is 10.2 Å². The first-order valence-corrected chi connectivity index (χ1v) is 10.6. The Morgan fingerprint density at radius 2 is 1.72 bits per heavy atom. The van der Waals surface area contributed by atoms with Crippen molar-refractivity contribution < 1.29 is 24.2 Å². The first kappa shape index (κ1) is 21.4. The number of alkyl carbamates (subject to hydrolysis) is 1. The topological polar surface area (TPSA) is 95.9 Å². The minimum absolute atomic E-state index is 0.0258. The van der Waals surface area contributed by atoms with Gasteiger partial charge in [-0.2, -0.15) is 0 Å². The van der Waals surface area contributed by atoms with E-state index in [-0.39, 0.29) is 25.6 Å². The highest BCUT2D eigenvalue weighted by Gasteiger charge is 2.29. The second kappa shape index (κ2) is 9.56. The number of hydrogen-bond acceptors (Lipinski definition) is 4. The van der Waals surface area contributed by atoms with Crippen LogP contribution in [0.1, 0.15) is 29.9 Å². The molecule has 0 aromatic heterocycles.